The fourth-order valence-electron chi connectivity index (χ4n) is 4.84. The van der Waals surface area contributed by atoms with Crippen LogP contribution < -0.4 is 5.32 Å². The van der Waals surface area contributed by atoms with Gasteiger partial charge in [-0.3, -0.25) is 19.7 Å². The molecule has 2 fully saturated rings. The Kier molecular flexibility index (Phi) is 3.26. The number of aromatic amines is 1. The van der Waals surface area contributed by atoms with E-state index in [-0.39, 0.29) is 24.1 Å². The molecule has 134 valence electrons. The number of carbonyl (C=O) groups is 3. The van der Waals surface area contributed by atoms with Crippen LogP contribution in [-0.2, 0) is 22.4 Å². The molecule has 0 saturated carbocycles. The summed E-state index contributed by atoms with van der Waals surface area (Å²) in [6, 6.07) is 5.88. The normalized spacial score (nSPS) is 25.2. The van der Waals surface area contributed by atoms with Crippen molar-refractivity contribution in [2.75, 3.05) is 13.1 Å². The monoisotopic (exact) mass is 351 g/mol. The van der Waals surface area contributed by atoms with Crippen LogP contribution in [-0.4, -0.2) is 40.7 Å². The number of fused-ring (bicyclic) bond motifs is 3. The van der Waals surface area contributed by atoms with Crippen molar-refractivity contribution in [2.24, 2.45) is 5.41 Å². The highest BCUT2D eigenvalue weighted by molar-refractivity contribution is 6.09. The van der Waals surface area contributed by atoms with E-state index in [0.29, 0.717) is 25.1 Å². The summed E-state index contributed by atoms with van der Waals surface area (Å²) in [5.41, 5.74) is 3.45. The number of benzene rings is 1. The Hall–Kier alpha value is -2.63. The SMILES string of the molecule is O=C1C[C@]2(CCN(C(=O)c3cccc4c5c([nH]c34)CCCC5)C2)C(=O)N1. The molecule has 1 aromatic heterocycles. The summed E-state index contributed by atoms with van der Waals surface area (Å²) in [6.07, 6.45) is 5.20. The fourth-order valence-corrected chi connectivity index (χ4v) is 4.84. The smallest absolute Gasteiger partial charge is 0.256 e. The first-order valence-electron chi connectivity index (χ1n) is 9.33. The molecular formula is C20H21N3O3. The number of carbonyl (C=O) groups excluding carboxylic acids is 3. The van der Waals surface area contributed by atoms with E-state index in [1.54, 1.807) is 4.90 Å². The Morgan fingerprint density at radius 2 is 2.00 bits per heavy atom. The molecule has 0 radical (unpaired) electrons. The van der Waals surface area contributed by atoms with E-state index in [9.17, 15) is 14.4 Å². The number of H-pyrrole nitrogens is 1. The lowest BCUT2D eigenvalue weighted by molar-refractivity contribution is -0.128. The Bertz CT molecular complexity index is 961. The van der Waals surface area contributed by atoms with E-state index >= 15 is 0 Å². The van der Waals surface area contributed by atoms with Crippen LogP contribution in [0.1, 0.15) is 47.3 Å². The van der Waals surface area contributed by atoms with Crippen molar-refractivity contribution < 1.29 is 14.4 Å². The van der Waals surface area contributed by atoms with Crippen LogP contribution in [0.3, 0.4) is 0 Å². The molecule has 6 heteroatoms. The van der Waals surface area contributed by atoms with Crippen LogP contribution in [0.15, 0.2) is 18.2 Å². The summed E-state index contributed by atoms with van der Waals surface area (Å²) in [6.45, 7) is 0.830. The minimum Gasteiger partial charge on any atom is -0.358 e. The maximum atomic E-state index is 13.2. The van der Waals surface area contributed by atoms with Gasteiger partial charge in [0.15, 0.2) is 0 Å². The zero-order chi connectivity index (χ0) is 17.9. The molecular weight excluding hydrogens is 330 g/mol. The molecule has 3 amide bonds. The van der Waals surface area contributed by atoms with E-state index in [1.165, 1.54) is 24.1 Å². The maximum Gasteiger partial charge on any atom is 0.256 e. The third-order valence-electron chi connectivity index (χ3n) is 6.24. The molecule has 3 heterocycles. The van der Waals surface area contributed by atoms with Gasteiger partial charge in [-0.05, 0) is 43.7 Å². The minimum absolute atomic E-state index is 0.0572. The largest absolute Gasteiger partial charge is 0.358 e. The zero-order valence-electron chi connectivity index (χ0n) is 14.6. The van der Waals surface area contributed by atoms with Crippen molar-refractivity contribution in [3.05, 3.63) is 35.0 Å². The van der Waals surface area contributed by atoms with Gasteiger partial charge in [-0.2, -0.15) is 0 Å². The van der Waals surface area contributed by atoms with Gasteiger partial charge < -0.3 is 9.88 Å². The van der Waals surface area contributed by atoms with Crippen LogP contribution in [0.5, 0.6) is 0 Å². The molecule has 26 heavy (non-hydrogen) atoms. The average molecular weight is 351 g/mol. The lowest BCUT2D eigenvalue weighted by Crippen LogP contribution is -2.36. The van der Waals surface area contributed by atoms with Crippen LogP contribution in [0.4, 0.5) is 0 Å². The number of hydrogen-bond donors (Lipinski definition) is 2. The summed E-state index contributed by atoms with van der Waals surface area (Å²) in [5.74, 6) is -0.520. The number of para-hydroxylation sites is 1. The summed E-state index contributed by atoms with van der Waals surface area (Å²) in [7, 11) is 0. The second kappa shape index (κ2) is 5.43. The Morgan fingerprint density at radius 1 is 1.15 bits per heavy atom. The van der Waals surface area contributed by atoms with Crippen molar-refractivity contribution in [1.29, 1.82) is 0 Å². The number of aromatic nitrogens is 1. The van der Waals surface area contributed by atoms with Crippen LogP contribution in [0, 0.1) is 5.41 Å². The standard InChI is InChI=1S/C20H21N3O3/c24-16-10-20(19(26)22-16)8-9-23(11-20)18(25)14-6-3-5-13-12-4-1-2-7-15(12)21-17(13)14/h3,5-6,21H,1-2,4,7-11H2,(H,22,24,26)/t20-/m0/s1. The van der Waals surface area contributed by atoms with Gasteiger partial charge in [-0.25, -0.2) is 0 Å². The number of likely N-dealkylation sites (tertiary alicyclic amines) is 1. The van der Waals surface area contributed by atoms with Gasteiger partial charge in [0.25, 0.3) is 5.91 Å². The average Bonchev–Trinajstić information content (AvgIpc) is 3.30. The van der Waals surface area contributed by atoms with Gasteiger partial charge in [0, 0.05) is 30.6 Å². The van der Waals surface area contributed by atoms with Gasteiger partial charge in [-0.1, -0.05) is 12.1 Å². The third-order valence-corrected chi connectivity index (χ3v) is 6.24. The van der Waals surface area contributed by atoms with Crippen molar-refractivity contribution in [2.45, 2.75) is 38.5 Å². The number of hydrogen-bond acceptors (Lipinski definition) is 3. The third kappa shape index (κ3) is 2.14. The number of imide groups is 1. The highest BCUT2D eigenvalue weighted by atomic mass is 16.2. The molecule has 1 aliphatic carbocycles. The fraction of sp³-hybridized carbons (Fsp3) is 0.450. The van der Waals surface area contributed by atoms with E-state index < -0.39 is 5.41 Å². The molecule has 1 atom stereocenters. The van der Waals surface area contributed by atoms with Gasteiger partial charge in [0.2, 0.25) is 11.8 Å². The quantitative estimate of drug-likeness (QED) is 0.770. The van der Waals surface area contributed by atoms with Crippen LogP contribution >= 0.6 is 0 Å². The Balaban J connectivity index is 1.49. The molecule has 6 nitrogen and oxygen atoms in total. The second-order valence-electron chi connectivity index (χ2n) is 7.83. The van der Waals surface area contributed by atoms with Crippen molar-refractivity contribution in [3.8, 4) is 0 Å². The van der Waals surface area contributed by atoms with Crippen molar-refractivity contribution in [1.82, 2.24) is 15.2 Å². The predicted molar refractivity (Wildman–Crippen MR) is 95.7 cm³/mol. The van der Waals surface area contributed by atoms with Gasteiger partial charge in [0.05, 0.1) is 16.5 Å². The van der Waals surface area contributed by atoms with Crippen LogP contribution in [0.25, 0.3) is 10.9 Å². The second-order valence-corrected chi connectivity index (χ2v) is 7.83. The van der Waals surface area contributed by atoms with Gasteiger partial charge in [-0.15, -0.1) is 0 Å². The molecule has 2 N–H and O–H groups in total. The highest BCUT2D eigenvalue weighted by Gasteiger charge is 2.51. The molecule has 3 aliphatic rings. The molecule has 0 bridgehead atoms. The molecule has 1 spiro atoms. The van der Waals surface area contributed by atoms with E-state index in [0.717, 1.165) is 23.7 Å². The zero-order valence-corrected chi connectivity index (χ0v) is 14.6. The highest BCUT2D eigenvalue weighted by Crippen LogP contribution is 2.39. The number of nitrogens with zero attached hydrogens (tertiary/aromatic N) is 1. The van der Waals surface area contributed by atoms with E-state index in [2.05, 4.69) is 16.4 Å². The minimum atomic E-state index is -0.727. The molecule has 2 saturated heterocycles. The van der Waals surface area contributed by atoms with E-state index in [1.807, 2.05) is 12.1 Å². The number of rotatable bonds is 1. The summed E-state index contributed by atoms with van der Waals surface area (Å²) in [4.78, 5) is 42.2. The summed E-state index contributed by atoms with van der Waals surface area (Å²) in [5, 5.41) is 3.54. The van der Waals surface area contributed by atoms with Crippen molar-refractivity contribution >= 4 is 28.6 Å². The number of nitrogens with one attached hydrogen (secondary N) is 2. The van der Waals surface area contributed by atoms with Crippen LogP contribution in [0.2, 0.25) is 0 Å². The number of aryl methyl sites for hydroxylation is 2. The first-order chi connectivity index (χ1) is 12.6. The summed E-state index contributed by atoms with van der Waals surface area (Å²) < 4.78 is 0. The maximum absolute atomic E-state index is 13.2. The summed E-state index contributed by atoms with van der Waals surface area (Å²) >= 11 is 0. The predicted octanol–water partition coefficient (Wildman–Crippen LogP) is 1.93. The topological polar surface area (TPSA) is 82.3 Å². The van der Waals surface area contributed by atoms with Gasteiger partial charge >= 0.3 is 0 Å². The lowest BCUT2D eigenvalue weighted by Gasteiger charge is -2.20. The lowest BCUT2D eigenvalue weighted by atomic mass is 9.85. The molecule has 0 unspecified atom stereocenters. The molecule has 2 aromatic rings. The molecule has 1 aromatic carbocycles. The Morgan fingerprint density at radius 3 is 2.81 bits per heavy atom. The van der Waals surface area contributed by atoms with E-state index in [4.69, 9.17) is 0 Å². The van der Waals surface area contributed by atoms with Gasteiger partial charge in [0.1, 0.15) is 0 Å². The van der Waals surface area contributed by atoms with Crippen molar-refractivity contribution in [3.63, 3.8) is 0 Å². The first kappa shape index (κ1) is 15.6. The number of amides is 3. The molecule has 2 aliphatic heterocycles. The molecule has 5 rings (SSSR count). The Labute approximate surface area is 150 Å². The first-order valence-corrected chi connectivity index (χ1v) is 9.33.